The van der Waals surface area contributed by atoms with E-state index in [1.807, 2.05) is 54.6 Å². The Bertz CT molecular complexity index is 1190. The molecular weight excluding hydrogens is 450 g/mol. The summed E-state index contributed by atoms with van der Waals surface area (Å²) in [7, 11) is -2.21. The summed E-state index contributed by atoms with van der Waals surface area (Å²) in [6, 6.07) is 24.5. The Balaban J connectivity index is 1.50. The van der Waals surface area contributed by atoms with E-state index >= 15 is 0 Å². The lowest BCUT2D eigenvalue weighted by Crippen LogP contribution is -2.55. The van der Waals surface area contributed by atoms with E-state index in [9.17, 15) is 13.2 Å². The molecule has 178 valence electrons. The number of ether oxygens (including phenoxy) is 1. The van der Waals surface area contributed by atoms with Crippen molar-refractivity contribution in [2.45, 2.75) is 17.4 Å². The van der Waals surface area contributed by atoms with Gasteiger partial charge in [-0.25, -0.2) is 8.42 Å². The molecule has 1 saturated heterocycles. The third-order valence-corrected chi connectivity index (χ3v) is 7.44. The molecule has 0 unspecified atom stereocenters. The zero-order valence-corrected chi connectivity index (χ0v) is 19.9. The molecule has 1 heterocycles. The number of carbonyl (C=O) groups excluding carboxylic acids is 1. The van der Waals surface area contributed by atoms with Gasteiger partial charge in [0.25, 0.3) is 0 Å². The highest BCUT2D eigenvalue weighted by Gasteiger charge is 2.31. The predicted octanol–water partition coefficient (Wildman–Crippen LogP) is 2.93. The van der Waals surface area contributed by atoms with Crippen LogP contribution in [-0.4, -0.2) is 58.6 Å². The third kappa shape index (κ3) is 5.58. The molecular formula is C26H29N3O4S. The Morgan fingerprint density at radius 1 is 0.882 bits per heavy atom. The Hall–Kier alpha value is -3.36. The van der Waals surface area contributed by atoms with Crippen molar-refractivity contribution in [1.29, 1.82) is 0 Å². The van der Waals surface area contributed by atoms with Crippen molar-refractivity contribution in [3.05, 3.63) is 90.5 Å². The van der Waals surface area contributed by atoms with Gasteiger partial charge in [-0.05, 0) is 36.2 Å². The van der Waals surface area contributed by atoms with Gasteiger partial charge in [-0.2, -0.15) is 4.72 Å². The molecule has 8 heteroatoms. The number of nitrogens with zero attached hydrogens (tertiary/aromatic N) is 2. The zero-order chi connectivity index (χ0) is 24.0. The second-order valence-corrected chi connectivity index (χ2v) is 9.87. The third-order valence-electron chi connectivity index (χ3n) is 5.95. The minimum Gasteiger partial charge on any atom is -0.495 e. The molecule has 0 aromatic heterocycles. The summed E-state index contributed by atoms with van der Waals surface area (Å²) in [6.45, 7) is 2.26. The van der Waals surface area contributed by atoms with E-state index in [4.69, 9.17) is 4.74 Å². The lowest BCUT2D eigenvalue weighted by molar-refractivity contribution is -0.133. The maximum atomic E-state index is 13.5. The van der Waals surface area contributed by atoms with E-state index < -0.39 is 16.1 Å². The normalized spacial score (nSPS) is 15.1. The molecule has 1 fully saturated rings. The number of para-hydroxylation sites is 2. The summed E-state index contributed by atoms with van der Waals surface area (Å²) < 4.78 is 34.2. The first kappa shape index (κ1) is 23.8. The largest absolute Gasteiger partial charge is 0.495 e. The lowest BCUT2D eigenvalue weighted by atomic mass is 10.1. The molecule has 3 aromatic rings. The minimum absolute atomic E-state index is 0.141. The van der Waals surface area contributed by atoms with Gasteiger partial charge in [0.1, 0.15) is 11.8 Å². The summed E-state index contributed by atoms with van der Waals surface area (Å²) in [5.74, 6) is 0.572. The standard InChI is InChI=1S/C26H29N3O4S/c1-33-25-15-9-8-14-24(25)28-16-18-29(19-17-28)26(30)23(20-21-10-4-2-5-11-21)27-34(31,32)22-12-6-3-7-13-22/h2-15,23,27H,16-20H2,1H3/t23-/m1/s1. The molecule has 1 N–H and O–H groups in total. The van der Waals surface area contributed by atoms with Crippen molar-refractivity contribution in [2.75, 3.05) is 38.2 Å². The Morgan fingerprint density at radius 2 is 1.47 bits per heavy atom. The Kier molecular flexibility index (Phi) is 7.49. The van der Waals surface area contributed by atoms with Gasteiger partial charge in [0, 0.05) is 26.2 Å². The first-order chi connectivity index (χ1) is 16.5. The van der Waals surface area contributed by atoms with Crippen molar-refractivity contribution in [1.82, 2.24) is 9.62 Å². The van der Waals surface area contributed by atoms with E-state index in [0.717, 1.165) is 17.0 Å². The molecule has 1 atom stereocenters. The summed E-state index contributed by atoms with van der Waals surface area (Å²) in [5, 5.41) is 0. The second kappa shape index (κ2) is 10.7. The van der Waals surface area contributed by atoms with Crippen molar-refractivity contribution >= 4 is 21.6 Å². The van der Waals surface area contributed by atoms with Crippen molar-refractivity contribution < 1.29 is 17.9 Å². The number of nitrogens with one attached hydrogen (secondary N) is 1. The molecule has 1 amide bonds. The molecule has 7 nitrogen and oxygen atoms in total. The summed E-state index contributed by atoms with van der Waals surface area (Å²) in [6.07, 6.45) is 0.276. The average molecular weight is 480 g/mol. The maximum Gasteiger partial charge on any atom is 0.241 e. The summed E-state index contributed by atoms with van der Waals surface area (Å²) in [4.78, 5) is 17.6. The van der Waals surface area contributed by atoms with Crippen LogP contribution < -0.4 is 14.4 Å². The van der Waals surface area contributed by atoms with Crippen LogP contribution in [0.3, 0.4) is 0 Å². The number of hydrogen-bond acceptors (Lipinski definition) is 5. The number of benzene rings is 3. The smallest absolute Gasteiger partial charge is 0.241 e. The SMILES string of the molecule is COc1ccccc1N1CCN(C(=O)[C@@H](Cc2ccccc2)NS(=O)(=O)c2ccccc2)CC1. The predicted molar refractivity (Wildman–Crippen MR) is 132 cm³/mol. The van der Waals surface area contributed by atoms with Crippen LogP contribution in [0.15, 0.2) is 89.8 Å². The van der Waals surface area contributed by atoms with Crippen LogP contribution >= 0.6 is 0 Å². The van der Waals surface area contributed by atoms with Crippen LogP contribution in [0.5, 0.6) is 5.75 Å². The van der Waals surface area contributed by atoms with E-state index in [0.29, 0.717) is 26.2 Å². The molecule has 0 saturated carbocycles. The summed E-state index contributed by atoms with van der Waals surface area (Å²) >= 11 is 0. The van der Waals surface area contributed by atoms with E-state index in [1.165, 1.54) is 12.1 Å². The van der Waals surface area contributed by atoms with Gasteiger partial charge in [-0.1, -0.05) is 60.7 Å². The topological polar surface area (TPSA) is 79.0 Å². The fraction of sp³-hybridized carbons (Fsp3) is 0.269. The molecule has 1 aliphatic heterocycles. The van der Waals surface area contributed by atoms with Gasteiger partial charge in [0.15, 0.2) is 0 Å². The van der Waals surface area contributed by atoms with Crippen molar-refractivity contribution in [2.24, 2.45) is 0 Å². The molecule has 3 aromatic carbocycles. The van der Waals surface area contributed by atoms with Crippen molar-refractivity contribution in [3.8, 4) is 5.75 Å². The number of hydrogen-bond donors (Lipinski definition) is 1. The second-order valence-electron chi connectivity index (χ2n) is 8.16. The van der Waals surface area contributed by atoms with Crippen molar-refractivity contribution in [3.63, 3.8) is 0 Å². The monoisotopic (exact) mass is 479 g/mol. The number of methoxy groups -OCH3 is 1. The average Bonchev–Trinajstić information content (AvgIpc) is 2.89. The lowest BCUT2D eigenvalue weighted by Gasteiger charge is -2.38. The first-order valence-electron chi connectivity index (χ1n) is 11.3. The van der Waals surface area contributed by atoms with Crippen LogP contribution in [0, 0.1) is 0 Å². The number of sulfonamides is 1. The van der Waals surface area contributed by atoms with Gasteiger partial charge in [0.05, 0.1) is 17.7 Å². The molecule has 0 radical (unpaired) electrons. The van der Waals surface area contributed by atoms with Gasteiger partial charge in [-0.15, -0.1) is 0 Å². The zero-order valence-electron chi connectivity index (χ0n) is 19.1. The molecule has 0 spiro atoms. The maximum absolute atomic E-state index is 13.5. The highest BCUT2D eigenvalue weighted by atomic mass is 32.2. The quantitative estimate of drug-likeness (QED) is 0.538. The van der Waals surface area contributed by atoms with Crippen LogP contribution in [-0.2, 0) is 21.2 Å². The molecule has 4 rings (SSSR count). The van der Waals surface area contributed by atoms with E-state index in [2.05, 4.69) is 9.62 Å². The van der Waals surface area contributed by atoms with Crippen LogP contribution in [0.1, 0.15) is 5.56 Å². The molecule has 34 heavy (non-hydrogen) atoms. The van der Waals surface area contributed by atoms with Gasteiger partial charge in [-0.3, -0.25) is 4.79 Å². The highest BCUT2D eigenvalue weighted by Crippen LogP contribution is 2.28. The first-order valence-corrected chi connectivity index (χ1v) is 12.7. The van der Waals surface area contributed by atoms with Crippen LogP contribution in [0.25, 0.3) is 0 Å². The van der Waals surface area contributed by atoms with Crippen LogP contribution in [0.4, 0.5) is 5.69 Å². The van der Waals surface area contributed by atoms with Crippen LogP contribution in [0.2, 0.25) is 0 Å². The molecule has 0 aliphatic carbocycles. The Labute approximate surface area is 201 Å². The number of rotatable bonds is 8. The van der Waals surface area contributed by atoms with Gasteiger partial charge >= 0.3 is 0 Å². The van der Waals surface area contributed by atoms with E-state index in [-0.39, 0.29) is 17.2 Å². The van der Waals surface area contributed by atoms with Gasteiger partial charge < -0.3 is 14.5 Å². The fourth-order valence-corrected chi connectivity index (χ4v) is 5.37. The van der Waals surface area contributed by atoms with Gasteiger partial charge in [0.2, 0.25) is 15.9 Å². The Morgan fingerprint density at radius 3 is 2.12 bits per heavy atom. The number of carbonyl (C=O) groups is 1. The number of piperazine rings is 1. The minimum atomic E-state index is -3.85. The highest BCUT2D eigenvalue weighted by molar-refractivity contribution is 7.89. The number of amides is 1. The summed E-state index contributed by atoms with van der Waals surface area (Å²) in [5.41, 5.74) is 1.88. The molecule has 0 bridgehead atoms. The van der Waals surface area contributed by atoms with E-state index in [1.54, 1.807) is 30.2 Å². The number of anilines is 1. The molecule has 1 aliphatic rings. The fourth-order valence-electron chi connectivity index (χ4n) is 4.16.